The van der Waals surface area contributed by atoms with E-state index in [1.165, 1.54) is 0 Å². The molecule has 118 valence electrons. The summed E-state index contributed by atoms with van der Waals surface area (Å²) in [6.07, 6.45) is 0. The van der Waals surface area contributed by atoms with Gasteiger partial charge in [-0.05, 0) is 0 Å². The van der Waals surface area contributed by atoms with Crippen molar-refractivity contribution < 1.29 is 30.4 Å². The lowest BCUT2D eigenvalue weighted by molar-refractivity contribution is -0.690. The molecule has 6 nitrogen and oxygen atoms in total. The van der Waals surface area contributed by atoms with Crippen LogP contribution in [-0.4, -0.2) is 35.5 Å². The molecule has 0 aromatic heterocycles. The Bertz CT molecular complexity index is 530. The lowest BCUT2D eigenvalue weighted by Crippen LogP contribution is -2.90. The van der Waals surface area contributed by atoms with E-state index < -0.39 is 24.0 Å². The zero-order valence-corrected chi connectivity index (χ0v) is 13.3. The highest BCUT2D eigenvalue weighted by molar-refractivity contribution is 7.99. The minimum absolute atomic E-state index is 0.0770. The van der Waals surface area contributed by atoms with Gasteiger partial charge in [-0.1, -0.05) is 47.8 Å². The van der Waals surface area contributed by atoms with Crippen molar-refractivity contribution in [3.8, 4) is 0 Å². The van der Waals surface area contributed by atoms with Gasteiger partial charge >= 0.3 is 0 Å². The standard InChI is InChI=1S/C14H16N2O4S2/c17-13(18)9-5-21-11(15-9)7-1-2-8(4-3-7)12-16-10(6-22-12)14(19)20/h1-4,9-12,15-16H,5-6H2,(H,17,18)(H,19,20). The van der Waals surface area contributed by atoms with Crippen molar-refractivity contribution in [3.63, 3.8) is 0 Å². The molecule has 0 amide bonds. The summed E-state index contributed by atoms with van der Waals surface area (Å²) < 4.78 is 0. The second-order valence-corrected chi connectivity index (χ2v) is 7.76. The van der Waals surface area contributed by atoms with Gasteiger partial charge in [-0.25, -0.2) is 0 Å². The van der Waals surface area contributed by atoms with E-state index in [1.54, 1.807) is 23.5 Å². The highest BCUT2D eigenvalue weighted by Gasteiger charge is 2.33. The third-order valence-electron chi connectivity index (χ3n) is 3.92. The molecule has 4 atom stereocenters. The SMILES string of the molecule is O=C([O-])C1CSC(c2ccc(C3[NH2+]C(C(=O)[O-])CS3)cc2)[NH2+]1. The summed E-state index contributed by atoms with van der Waals surface area (Å²) >= 11 is 3.20. The maximum absolute atomic E-state index is 10.9. The number of benzene rings is 1. The predicted molar refractivity (Wildman–Crippen MR) is 78.3 cm³/mol. The molecule has 8 heteroatoms. The molecule has 0 spiro atoms. The fourth-order valence-corrected chi connectivity index (χ4v) is 5.27. The number of nitrogens with two attached hydrogens (primary N) is 2. The lowest BCUT2D eigenvalue weighted by Gasteiger charge is -2.13. The largest absolute Gasteiger partial charge is 0.544 e. The van der Waals surface area contributed by atoms with Crippen molar-refractivity contribution >= 4 is 35.5 Å². The van der Waals surface area contributed by atoms with E-state index in [4.69, 9.17) is 0 Å². The van der Waals surface area contributed by atoms with Crippen LogP contribution in [0, 0.1) is 0 Å². The lowest BCUT2D eigenvalue weighted by atomic mass is 10.1. The van der Waals surface area contributed by atoms with Gasteiger partial charge in [0.2, 0.25) is 0 Å². The number of hydrogen-bond donors (Lipinski definition) is 2. The Kier molecular flexibility index (Phi) is 4.62. The van der Waals surface area contributed by atoms with Crippen LogP contribution >= 0.6 is 23.5 Å². The van der Waals surface area contributed by atoms with Crippen molar-refractivity contribution in [2.45, 2.75) is 22.8 Å². The van der Waals surface area contributed by atoms with Crippen LogP contribution < -0.4 is 20.8 Å². The molecule has 1 aromatic carbocycles. The number of rotatable bonds is 4. The molecule has 0 aliphatic carbocycles. The van der Waals surface area contributed by atoms with Gasteiger partial charge in [0.15, 0.2) is 10.7 Å². The van der Waals surface area contributed by atoms with Crippen molar-refractivity contribution in [2.75, 3.05) is 11.5 Å². The number of quaternary nitrogens is 2. The maximum Gasteiger partial charge on any atom is 0.159 e. The van der Waals surface area contributed by atoms with Gasteiger partial charge in [0, 0.05) is 11.1 Å². The minimum Gasteiger partial charge on any atom is -0.544 e. The Labute approximate surface area is 136 Å². The van der Waals surface area contributed by atoms with Crippen LogP contribution in [0.25, 0.3) is 0 Å². The first-order valence-corrected chi connectivity index (χ1v) is 9.09. The first-order valence-electron chi connectivity index (χ1n) is 6.99. The number of hydrogen-bond acceptors (Lipinski definition) is 6. The molecule has 0 radical (unpaired) electrons. The van der Waals surface area contributed by atoms with Crippen LogP contribution in [0.1, 0.15) is 21.9 Å². The Hall–Kier alpha value is -1.22. The third-order valence-corrected chi connectivity index (χ3v) is 6.60. The summed E-state index contributed by atoms with van der Waals surface area (Å²) in [4.78, 5) is 21.8. The van der Waals surface area contributed by atoms with E-state index in [1.807, 2.05) is 34.9 Å². The molecular formula is C14H16N2O4S2. The minimum atomic E-state index is -1.02. The van der Waals surface area contributed by atoms with E-state index in [0.717, 1.165) is 11.1 Å². The van der Waals surface area contributed by atoms with Gasteiger partial charge in [-0.3, -0.25) is 0 Å². The second kappa shape index (κ2) is 6.49. The average Bonchev–Trinajstić information content (AvgIpc) is 3.17. The van der Waals surface area contributed by atoms with E-state index in [-0.39, 0.29) is 10.7 Å². The fourth-order valence-electron chi connectivity index (χ4n) is 2.64. The molecule has 0 bridgehead atoms. The van der Waals surface area contributed by atoms with Gasteiger partial charge in [-0.2, -0.15) is 0 Å². The molecule has 2 aliphatic rings. The Morgan fingerprint density at radius 3 is 1.50 bits per heavy atom. The van der Waals surface area contributed by atoms with Crippen LogP contribution in [0.4, 0.5) is 0 Å². The summed E-state index contributed by atoms with van der Waals surface area (Å²) in [5, 5.41) is 25.5. The Morgan fingerprint density at radius 1 is 0.864 bits per heavy atom. The van der Waals surface area contributed by atoms with Crippen LogP contribution in [0.3, 0.4) is 0 Å². The van der Waals surface area contributed by atoms with Crippen molar-refractivity contribution in [3.05, 3.63) is 35.4 Å². The maximum atomic E-state index is 10.9. The van der Waals surface area contributed by atoms with Crippen LogP contribution in [0.2, 0.25) is 0 Å². The van der Waals surface area contributed by atoms with Crippen molar-refractivity contribution in [1.29, 1.82) is 0 Å². The first-order chi connectivity index (χ1) is 10.5. The molecule has 4 unspecified atom stereocenters. The molecule has 3 rings (SSSR count). The zero-order chi connectivity index (χ0) is 15.7. The molecule has 2 fully saturated rings. The highest BCUT2D eigenvalue weighted by atomic mass is 32.2. The van der Waals surface area contributed by atoms with E-state index in [9.17, 15) is 19.8 Å². The smallest absolute Gasteiger partial charge is 0.159 e. The summed E-state index contributed by atoms with van der Waals surface area (Å²) in [5.74, 6) is -0.934. The molecule has 0 saturated carbocycles. The van der Waals surface area contributed by atoms with Gasteiger partial charge in [-0.15, -0.1) is 0 Å². The summed E-state index contributed by atoms with van der Waals surface area (Å²) in [7, 11) is 0. The van der Waals surface area contributed by atoms with Crippen molar-refractivity contribution in [1.82, 2.24) is 0 Å². The number of carboxylic acid groups (broad SMARTS) is 2. The molecule has 1 aromatic rings. The van der Waals surface area contributed by atoms with E-state index in [2.05, 4.69) is 0 Å². The number of carbonyl (C=O) groups is 2. The molecular weight excluding hydrogens is 324 g/mol. The quantitative estimate of drug-likeness (QED) is 0.589. The van der Waals surface area contributed by atoms with Crippen LogP contribution in [0.5, 0.6) is 0 Å². The normalized spacial score (nSPS) is 31.3. The number of thioether (sulfide) groups is 2. The Morgan fingerprint density at radius 2 is 1.23 bits per heavy atom. The van der Waals surface area contributed by atoms with Gasteiger partial charge in [0.05, 0.1) is 11.5 Å². The van der Waals surface area contributed by atoms with E-state index >= 15 is 0 Å². The monoisotopic (exact) mass is 340 g/mol. The highest BCUT2D eigenvalue weighted by Crippen LogP contribution is 2.30. The third kappa shape index (κ3) is 3.24. The number of carboxylic acids is 2. The average molecular weight is 340 g/mol. The Balaban J connectivity index is 1.64. The number of aliphatic carboxylic acids is 2. The van der Waals surface area contributed by atoms with Gasteiger partial charge in [0.25, 0.3) is 0 Å². The second-order valence-electron chi connectivity index (χ2n) is 5.41. The summed E-state index contributed by atoms with van der Waals surface area (Å²) in [6.45, 7) is 0. The molecule has 4 N–H and O–H groups in total. The number of carbonyl (C=O) groups excluding carboxylic acids is 2. The van der Waals surface area contributed by atoms with Crippen LogP contribution in [0.15, 0.2) is 24.3 Å². The topological polar surface area (TPSA) is 113 Å². The summed E-state index contributed by atoms with van der Waals surface area (Å²) in [5.41, 5.74) is 2.13. The molecule has 2 heterocycles. The predicted octanol–water partition coefficient (Wildman–Crippen LogP) is -3.46. The molecule has 2 aliphatic heterocycles. The molecule has 22 heavy (non-hydrogen) atoms. The zero-order valence-electron chi connectivity index (χ0n) is 11.6. The summed E-state index contributed by atoms with van der Waals surface area (Å²) in [6, 6.07) is 6.97. The van der Waals surface area contributed by atoms with Gasteiger partial charge < -0.3 is 30.4 Å². The van der Waals surface area contributed by atoms with Crippen molar-refractivity contribution in [2.24, 2.45) is 0 Å². The first kappa shape index (κ1) is 15.7. The van der Waals surface area contributed by atoms with E-state index in [0.29, 0.717) is 11.5 Å². The van der Waals surface area contributed by atoms with Gasteiger partial charge in [0.1, 0.15) is 24.0 Å². The van der Waals surface area contributed by atoms with Crippen LogP contribution in [-0.2, 0) is 9.59 Å². The molecule has 2 saturated heterocycles. The fraction of sp³-hybridized carbons (Fsp3) is 0.429.